The molecule has 0 fully saturated rings. The Bertz CT molecular complexity index is 976. The Hall–Kier alpha value is -2.92. The molecule has 108 valence electrons. The van der Waals surface area contributed by atoms with Crippen LogP contribution >= 0.6 is 0 Å². The molecule has 4 rings (SSSR count). The molecule has 5 heteroatoms. The van der Waals surface area contributed by atoms with Crippen molar-refractivity contribution in [1.29, 1.82) is 0 Å². The molecule has 0 saturated heterocycles. The van der Waals surface area contributed by atoms with E-state index in [0.29, 0.717) is 22.2 Å². The lowest BCUT2D eigenvalue weighted by molar-refractivity contribution is -0.129. The van der Waals surface area contributed by atoms with E-state index in [2.05, 4.69) is 5.32 Å². The summed E-state index contributed by atoms with van der Waals surface area (Å²) in [7, 11) is 0. The maximum absolute atomic E-state index is 12.7. The number of hydrogen-bond donors (Lipinski definition) is 2. The van der Waals surface area contributed by atoms with Crippen molar-refractivity contribution in [3.8, 4) is 0 Å². The van der Waals surface area contributed by atoms with Crippen LogP contribution in [0.3, 0.4) is 0 Å². The quantitative estimate of drug-likeness (QED) is 0.719. The van der Waals surface area contributed by atoms with E-state index in [9.17, 15) is 14.7 Å². The summed E-state index contributed by atoms with van der Waals surface area (Å²) in [6, 6.07) is 13.4. The Morgan fingerprint density at radius 1 is 0.955 bits per heavy atom. The monoisotopic (exact) mass is 293 g/mol. The molecule has 0 bridgehead atoms. The molecular weight excluding hydrogens is 282 g/mol. The van der Waals surface area contributed by atoms with Crippen molar-refractivity contribution in [3.63, 3.8) is 0 Å². The van der Waals surface area contributed by atoms with Crippen LogP contribution in [0.25, 0.3) is 11.0 Å². The minimum Gasteiger partial charge on any atom is -0.464 e. The van der Waals surface area contributed by atoms with Gasteiger partial charge in [0.05, 0.1) is 10.9 Å². The van der Waals surface area contributed by atoms with E-state index in [4.69, 9.17) is 4.42 Å². The predicted octanol–water partition coefficient (Wildman–Crippen LogP) is 1.98. The van der Waals surface area contributed by atoms with Gasteiger partial charge in [-0.15, -0.1) is 0 Å². The van der Waals surface area contributed by atoms with E-state index in [-0.39, 0.29) is 5.56 Å². The third-order valence-electron chi connectivity index (χ3n) is 3.96. The van der Waals surface area contributed by atoms with Crippen molar-refractivity contribution in [2.45, 2.75) is 5.60 Å². The number of amides is 1. The second-order valence-electron chi connectivity index (χ2n) is 5.18. The summed E-state index contributed by atoms with van der Waals surface area (Å²) in [6.07, 6.45) is 1.16. The van der Waals surface area contributed by atoms with Crippen molar-refractivity contribution in [2.75, 3.05) is 5.32 Å². The van der Waals surface area contributed by atoms with Crippen LogP contribution in [0.2, 0.25) is 0 Å². The molecule has 3 aromatic rings. The molecule has 2 heterocycles. The third-order valence-corrected chi connectivity index (χ3v) is 3.96. The van der Waals surface area contributed by atoms with Crippen LogP contribution in [-0.2, 0) is 10.4 Å². The molecule has 1 atom stereocenters. The van der Waals surface area contributed by atoms with Crippen LogP contribution in [0.1, 0.15) is 11.1 Å². The second kappa shape index (κ2) is 4.29. The summed E-state index contributed by atoms with van der Waals surface area (Å²) in [4.78, 5) is 25.0. The first-order chi connectivity index (χ1) is 10.6. The van der Waals surface area contributed by atoms with E-state index >= 15 is 0 Å². The summed E-state index contributed by atoms with van der Waals surface area (Å²) >= 11 is 0. The lowest BCUT2D eigenvalue weighted by atomic mass is 9.88. The van der Waals surface area contributed by atoms with Gasteiger partial charge in [0.25, 0.3) is 5.91 Å². The van der Waals surface area contributed by atoms with Crippen LogP contribution in [-0.4, -0.2) is 11.0 Å². The van der Waals surface area contributed by atoms with E-state index in [1.807, 2.05) is 0 Å². The van der Waals surface area contributed by atoms with Gasteiger partial charge < -0.3 is 14.8 Å². The van der Waals surface area contributed by atoms with Crippen molar-refractivity contribution in [1.82, 2.24) is 0 Å². The Morgan fingerprint density at radius 3 is 2.55 bits per heavy atom. The van der Waals surface area contributed by atoms with Crippen LogP contribution in [0.15, 0.2) is 64.0 Å². The first kappa shape index (κ1) is 12.8. The molecule has 2 aromatic carbocycles. The summed E-state index contributed by atoms with van der Waals surface area (Å²) in [5, 5.41) is 13.9. The fourth-order valence-corrected chi connectivity index (χ4v) is 2.84. The Kier molecular flexibility index (Phi) is 2.49. The van der Waals surface area contributed by atoms with Gasteiger partial charge in [0.1, 0.15) is 11.8 Å². The number of anilines is 1. The number of rotatable bonds is 1. The molecule has 1 aliphatic heterocycles. The average Bonchev–Trinajstić information content (AvgIpc) is 2.80. The van der Waals surface area contributed by atoms with Crippen LogP contribution in [0.4, 0.5) is 5.69 Å². The predicted molar refractivity (Wildman–Crippen MR) is 80.6 cm³/mol. The van der Waals surface area contributed by atoms with Gasteiger partial charge in [-0.05, 0) is 18.2 Å². The Balaban J connectivity index is 2.05. The van der Waals surface area contributed by atoms with E-state index in [1.54, 1.807) is 48.5 Å². The third kappa shape index (κ3) is 1.51. The molecule has 0 unspecified atom stereocenters. The number of benzene rings is 2. The normalized spacial score (nSPS) is 20.0. The Morgan fingerprint density at radius 2 is 1.68 bits per heavy atom. The minimum absolute atomic E-state index is 0.0892. The van der Waals surface area contributed by atoms with E-state index < -0.39 is 16.9 Å². The highest BCUT2D eigenvalue weighted by atomic mass is 16.3. The number of carbonyl (C=O) groups excluding carboxylic acids is 1. The number of aliphatic hydroxyl groups is 1. The number of carbonyl (C=O) groups is 1. The van der Waals surface area contributed by atoms with Gasteiger partial charge in [-0.25, -0.2) is 0 Å². The van der Waals surface area contributed by atoms with Gasteiger partial charge in [0.15, 0.2) is 5.43 Å². The molecule has 0 saturated carbocycles. The molecule has 1 amide bonds. The van der Waals surface area contributed by atoms with Gasteiger partial charge in [0.2, 0.25) is 5.60 Å². The smallest absolute Gasteiger partial charge is 0.266 e. The summed E-state index contributed by atoms with van der Waals surface area (Å²) in [6.45, 7) is 0. The highest BCUT2D eigenvalue weighted by molar-refractivity contribution is 6.07. The number of fused-ring (bicyclic) bond motifs is 2. The zero-order chi connectivity index (χ0) is 15.3. The average molecular weight is 293 g/mol. The standard InChI is InChI=1S/C17H11NO4/c19-15-10-5-1-4-8-14(10)22-9-12(15)17(21)11-6-2-3-7-13(11)18-16(17)20/h1-9,21H,(H,18,20)/t17-/m1/s1. The SMILES string of the molecule is O=C1Nc2ccccc2[C@@]1(O)c1coc2ccccc2c1=O. The summed E-state index contributed by atoms with van der Waals surface area (Å²) < 4.78 is 5.42. The maximum Gasteiger partial charge on any atom is 0.266 e. The number of hydrogen-bond acceptors (Lipinski definition) is 4. The highest BCUT2D eigenvalue weighted by Crippen LogP contribution is 2.39. The zero-order valence-corrected chi connectivity index (χ0v) is 11.4. The first-order valence-electron chi connectivity index (χ1n) is 6.77. The highest BCUT2D eigenvalue weighted by Gasteiger charge is 2.48. The molecule has 0 radical (unpaired) electrons. The largest absolute Gasteiger partial charge is 0.464 e. The maximum atomic E-state index is 12.7. The molecule has 1 aliphatic rings. The van der Waals surface area contributed by atoms with E-state index in [0.717, 1.165) is 6.26 Å². The van der Waals surface area contributed by atoms with Crippen molar-refractivity contribution >= 4 is 22.6 Å². The van der Waals surface area contributed by atoms with Gasteiger partial charge in [0, 0.05) is 11.3 Å². The molecule has 1 aromatic heterocycles. The fourth-order valence-electron chi connectivity index (χ4n) is 2.84. The van der Waals surface area contributed by atoms with Crippen LogP contribution in [0.5, 0.6) is 0 Å². The van der Waals surface area contributed by atoms with Crippen LogP contribution in [0, 0.1) is 0 Å². The molecule has 0 aliphatic carbocycles. The second-order valence-corrected chi connectivity index (χ2v) is 5.18. The van der Waals surface area contributed by atoms with Gasteiger partial charge in [-0.2, -0.15) is 0 Å². The fraction of sp³-hybridized carbons (Fsp3) is 0.0588. The molecule has 22 heavy (non-hydrogen) atoms. The van der Waals surface area contributed by atoms with E-state index in [1.165, 1.54) is 0 Å². The number of para-hydroxylation sites is 2. The van der Waals surface area contributed by atoms with Gasteiger partial charge in [-0.3, -0.25) is 9.59 Å². The summed E-state index contributed by atoms with van der Waals surface area (Å²) in [5.74, 6) is -0.656. The Labute approximate surface area is 124 Å². The molecule has 2 N–H and O–H groups in total. The van der Waals surface area contributed by atoms with Gasteiger partial charge in [-0.1, -0.05) is 30.3 Å². The summed E-state index contributed by atoms with van der Waals surface area (Å²) in [5.41, 5.74) is -1.30. The van der Waals surface area contributed by atoms with Crippen molar-refractivity contribution in [2.24, 2.45) is 0 Å². The molecular formula is C17H11NO4. The molecule has 0 spiro atoms. The first-order valence-corrected chi connectivity index (χ1v) is 6.77. The van der Waals surface area contributed by atoms with Crippen molar-refractivity contribution < 1.29 is 14.3 Å². The topological polar surface area (TPSA) is 79.5 Å². The van der Waals surface area contributed by atoms with Gasteiger partial charge >= 0.3 is 0 Å². The lowest BCUT2D eigenvalue weighted by Crippen LogP contribution is -2.39. The van der Waals surface area contributed by atoms with Crippen LogP contribution < -0.4 is 10.7 Å². The lowest BCUT2D eigenvalue weighted by Gasteiger charge is -2.20. The minimum atomic E-state index is -2.04. The number of nitrogens with one attached hydrogen (secondary N) is 1. The van der Waals surface area contributed by atoms with Crippen molar-refractivity contribution in [3.05, 3.63) is 76.1 Å². The molecule has 5 nitrogen and oxygen atoms in total. The zero-order valence-electron chi connectivity index (χ0n) is 11.4.